The van der Waals surface area contributed by atoms with Crippen molar-refractivity contribution in [3.63, 3.8) is 0 Å². The van der Waals surface area contributed by atoms with Crippen LogP contribution in [0.5, 0.6) is 0 Å². The van der Waals surface area contributed by atoms with Crippen LogP contribution in [0.25, 0.3) is 0 Å². The van der Waals surface area contributed by atoms with Crippen molar-refractivity contribution in [1.82, 2.24) is 20.2 Å². The lowest BCUT2D eigenvalue weighted by molar-refractivity contribution is -0.121. The number of halogens is 1. The number of likely N-dealkylation sites (tertiary alicyclic amines) is 1. The van der Waals surface area contributed by atoms with Crippen LogP contribution < -0.4 is 15.5 Å². The van der Waals surface area contributed by atoms with Crippen molar-refractivity contribution in [1.29, 1.82) is 0 Å². The molecule has 0 unspecified atom stereocenters. The van der Waals surface area contributed by atoms with E-state index in [9.17, 15) is 18.8 Å². The van der Waals surface area contributed by atoms with Gasteiger partial charge in [-0.05, 0) is 38.1 Å². The molecule has 2 saturated heterocycles. The van der Waals surface area contributed by atoms with Crippen molar-refractivity contribution in [3.8, 4) is 0 Å². The highest BCUT2D eigenvalue weighted by Crippen LogP contribution is 2.32. The molecule has 0 radical (unpaired) electrons. The van der Waals surface area contributed by atoms with E-state index in [0.717, 1.165) is 9.97 Å². The largest absolute Gasteiger partial charge is 0.444 e. The summed E-state index contributed by atoms with van der Waals surface area (Å²) in [6, 6.07) is 4.17. The third-order valence-corrected chi connectivity index (χ3v) is 9.19. The third kappa shape index (κ3) is 7.32. The van der Waals surface area contributed by atoms with Gasteiger partial charge in [0.15, 0.2) is 5.13 Å². The first-order chi connectivity index (χ1) is 19.5. The van der Waals surface area contributed by atoms with Gasteiger partial charge in [-0.25, -0.2) is 19.2 Å². The van der Waals surface area contributed by atoms with Crippen molar-refractivity contribution < 1.29 is 23.2 Å². The number of amides is 4. The van der Waals surface area contributed by atoms with Gasteiger partial charge < -0.3 is 9.73 Å². The monoisotopic (exact) mass is 600 g/mol. The van der Waals surface area contributed by atoms with Gasteiger partial charge in [-0.1, -0.05) is 38.2 Å². The lowest BCUT2D eigenvalue weighted by Crippen LogP contribution is -2.49. The number of imide groups is 1. The maximum atomic E-state index is 14.9. The molecule has 1 aromatic carbocycles. The van der Waals surface area contributed by atoms with Gasteiger partial charge in [-0.3, -0.25) is 24.7 Å². The number of aromatic nitrogens is 2. The van der Waals surface area contributed by atoms with Gasteiger partial charge in [-0.15, -0.1) is 11.8 Å². The van der Waals surface area contributed by atoms with E-state index in [2.05, 4.69) is 46.3 Å². The Morgan fingerprint density at radius 2 is 1.98 bits per heavy atom. The average Bonchev–Trinajstić information content (AvgIpc) is 3.59. The Hall–Kier alpha value is -3.29. The minimum Gasteiger partial charge on any atom is -0.444 e. The molecule has 10 nitrogen and oxygen atoms in total. The fourth-order valence-electron chi connectivity index (χ4n) is 4.68. The smallest absolute Gasteiger partial charge is 0.328 e. The van der Waals surface area contributed by atoms with Crippen LogP contribution in [0.4, 0.5) is 20.0 Å². The maximum Gasteiger partial charge on any atom is 0.328 e. The Labute approximate surface area is 246 Å². The highest BCUT2D eigenvalue weighted by molar-refractivity contribution is 8.00. The summed E-state index contributed by atoms with van der Waals surface area (Å²) in [5.74, 6) is 1.18. The summed E-state index contributed by atoms with van der Waals surface area (Å²) >= 11 is 2.99. The first kappa shape index (κ1) is 29.2. The number of nitrogens with zero attached hydrogens (tertiary/aromatic N) is 4. The van der Waals surface area contributed by atoms with Gasteiger partial charge >= 0.3 is 6.03 Å². The van der Waals surface area contributed by atoms with E-state index in [-0.39, 0.29) is 36.1 Å². The van der Waals surface area contributed by atoms with Crippen molar-refractivity contribution in [2.45, 2.75) is 62.0 Å². The molecule has 0 bridgehead atoms. The second kappa shape index (κ2) is 12.3. The maximum absolute atomic E-state index is 14.9. The van der Waals surface area contributed by atoms with Gasteiger partial charge in [0.1, 0.15) is 11.6 Å². The highest BCUT2D eigenvalue weighted by Gasteiger charge is 2.28. The molecule has 2 aliphatic heterocycles. The minimum absolute atomic E-state index is 0.0492. The number of carbonyl (C=O) groups is 3. The predicted molar refractivity (Wildman–Crippen MR) is 155 cm³/mol. The number of hydrogen-bond acceptors (Lipinski definition) is 9. The van der Waals surface area contributed by atoms with E-state index < -0.39 is 11.8 Å². The Kier molecular flexibility index (Phi) is 8.76. The van der Waals surface area contributed by atoms with Crippen molar-refractivity contribution >= 4 is 51.8 Å². The summed E-state index contributed by atoms with van der Waals surface area (Å²) in [6.45, 7) is 8.22. The number of benzene rings is 1. The molecule has 2 aliphatic rings. The Morgan fingerprint density at radius 3 is 2.66 bits per heavy atom. The minimum atomic E-state index is -0.539. The summed E-state index contributed by atoms with van der Waals surface area (Å²) < 4.78 is 21.7. The molecular weight excluding hydrogens is 567 g/mol. The standard InChI is InChI=1S/C28H33FN6O4S2/c1-28(2,3)21-13-30-23(39-21)16-40-24-14-31-26(41-24)33-25(37)17-6-9-34(10-7-17)15-18-4-5-19(12-20(18)29)35-11-8-22(36)32-27(35)38/h4-5,12-14,17H,6-11,15-16H2,1-3H3,(H,31,33,37)(H,32,36,38). The number of carbonyl (C=O) groups excluding carboxylic acids is 3. The Balaban J connectivity index is 1.07. The normalized spacial score (nSPS) is 17.1. The van der Waals surface area contributed by atoms with Crippen LogP contribution in [0.15, 0.2) is 39.2 Å². The molecule has 2 aromatic heterocycles. The van der Waals surface area contributed by atoms with Crippen LogP contribution in [-0.4, -0.2) is 52.3 Å². The van der Waals surface area contributed by atoms with Crippen LogP contribution in [0.3, 0.4) is 0 Å². The number of rotatable bonds is 8. The second-order valence-corrected chi connectivity index (χ2v) is 13.5. The molecule has 0 saturated carbocycles. The first-order valence-electron chi connectivity index (χ1n) is 13.5. The number of hydrogen-bond donors (Lipinski definition) is 2. The fourth-order valence-corrected chi connectivity index (χ4v) is 6.41. The predicted octanol–water partition coefficient (Wildman–Crippen LogP) is 5.16. The van der Waals surface area contributed by atoms with E-state index >= 15 is 0 Å². The zero-order valence-electron chi connectivity index (χ0n) is 23.2. The Morgan fingerprint density at radius 1 is 1.20 bits per heavy atom. The molecule has 4 amide bonds. The number of thioether (sulfide) groups is 1. The van der Waals surface area contributed by atoms with Crippen LogP contribution in [0.2, 0.25) is 0 Å². The molecular formula is C28H33FN6O4S2. The van der Waals surface area contributed by atoms with Gasteiger partial charge in [0.2, 0.25) is 17.7 Å². The summed E-state index contributed by atoms with van der Waals surface area (Å²) in [5, 5.41) is 5.77. The highest BCUT2D eigenvalue weighted by atomic mass is 32.2. The molecule has 0 aliphatic carbocycles. The van der Waals surface area contributed by atoms with Gasteiger partial charge in [0.05, 0.1) is 22.4 Å². The number of urea groups is 1. The van der Waals surface area contributed by atoms with Crippen LogP contribution in [0, 0.1) is 11.7 Å². The summed E-state index contributed by atoms with van der Waals surface area (Å²) in [7, 11) is 0. The van der Waals surface area contributed by atoms with Gasteiger partial charge in [0, 0.05) is 42.1 Å². The topological polar surface area (TPSA) is 121 Å². The lowest BCUT2D eigenvalue weighted by Gasteiger charge is -2.31. The average molecular weight is 601 g/mol. The van der Waals surface area contributed by atoms with E-state index in [1.807, 2.05) is 0 Å². The van der Waals surface area contributed by atoms with Crippen molar-refractivity contribution in [2.75, 3.05) is 29.9 Å². The zero-order chi connectivity index (χ0) is 29.1. The number of piperidine rings is 1. The second-order valence-electron chi connectivity index (χ2n) is 11.2. The molecule has 0 spiro atoms. The molecule has 4 heterocycles. The quantitative estimate of drug-likeness (QED) is 0.341. The summed E-state index contributed by atoms with van der Waals surface area (Å²) in [4.78, 5) is 48.5. The van der Waals surface area contributed by atoms with Crippen molar-refractivity contribution in [3.05, 3.63) is 53.6 Å². The lowest BCUT2D eigenvalue weighted by atomic mass is 9.94. The number of nitrogens with one attached hydrogen (secondary N) is 2. The van der Waals surface area contributed by atoms with Crippen LogP contribution in [-0.2, 0) is 27.3 Å². The Bertz CT molecular complexity index is 1430. The van der Waals surface area contributed by atoms with Crippen LogP contribution in [0.1, 0.15) is 57.2 Å². The number of thiazole rings is 1. The van der Waals surface area contributed by atoms with Gasteiger partial charge in [-0.2, -0.15) is 0 Å². The number of oxazole rings is 1. The SMILES string of the molecule is CC(C)(C)c1cnc(CSc2cnc(NC(=O)C3CCN(Cc4ccc(N5CCC(=O)NC5=O)cc4F)CC3)s2)o1. The van der Waals surface area contributed by atoms with E-state index in [1.165, 1.54) is 22.3 Å². The molecule has 5 rings (SSSR count). The molecule has 13 heteroatoms. The first-order valence-corrected chi connectivity index (χ1v) is 15.3. The summed E-state index contributed by atoms with van der Waals surface area (Å²) in [6.07, 6.45) is 5.04. The zero-order valence-corrected chi connectivity index (χ0v) is 24.9. The van der Waals surface area contributed by atoms with E-state index in [4.69, 9.17) is 4.42 Å². The molecule has 41 heavy (non-hydrogen) atoms. The molecule has 218 valence electrons. The molecule has 0 atom stereocenters. The fraction of sp³-hybridized carbons (Fsp3) is 0.464. The van der Waals surface area contributed by atoms with E-state index in [0.29, 0.717) is 60.5 Å². The van der Waals surface area contributed by atoms with Crippen molar-refractivity contribution in [2.24, 2.45) is 5.92 Å². The summed E-state index contributed by atoms with van der Waals surface area (Å²) in [5.41, 5.74) is 0.855. The third-order valence-electron chi connectivity index (χ3n) is 7.10. The molecule has 2 N–H and O–H groups in total. The molecule has 2 fully saturated rings. The van der Waals surface area contributed by atoms with Crippen LogP contribution >= 0.6 is 23.1 Å². The number of anilines is 2. The van der Waals surface area contributed by atoms with Gasteiger partial charge in [0.25, 0.3) is 0 Å². The van der Waals surface area contributed by atoms with E-state index in [1.54, 1.807) is 36.3 Å². The molecule has 3 aromatic rings.